The minimum Gasteiger partial charge on any atom is -0.396 e. The number of aliphatic hydroxyl groups is 1. The molecule has 0 bridgehead atoms. The molecule has 2 heterocycles. The molecule has 1 unspecified atom stereocenters. The largest absolute Gasteiger partial charge is 0.396 e. The Kier molecular flexibility index (Phi) is 5.10. The summed E-state index contributed by atoms with van der Waals surface area (Å²) in [5.41, 5.74) is 1.07. The zero-order valence-corrected chi connectivity index (χ0v) is 14.5. The monoisotopic (exact) mass is 352 g/mol. The van der Waals surface area contributed by atoms with E-state index in [1.807, 2.05) is 0 Å². The molecular formula is C17H24N2O4S. The molecule has 1 amide bonds. The molecule has 132 valence electrons. The van der Waals surface area contributed by atoms with Crippen molar-refractivity contribution in [3.63, 3.8) is 0 Å². The Labute approximate surface area is 143 Å². The third kappa shape index (κ3) is 3.57. The van der Waals surface area contributed by atoms with Crippen molar-refractivity contribution in [2.75, 3.05) is 36.3 Å². The van der Waals surface area contributed by atoms with Gasteiger partial charge in [-0.25, -0.2) is 8.42 Å². The average Bonchev–Trinajstić information content (AvgIpc) is 2.61. The number of benzene rings is 1. The summed E-state index contributed by atoms with van der Waals surface area (Å²) in [6, 6.07) is 6.88. The average molecular weight is 352 g/mol. The van der Waals surface area contributed by atoms with Crippen molar-refractivity contribution in [3.05, 3.63) is 29.8 Å². The minimum atomic E-state index is -3.28. The number of amides is 1. The predicted octanol–water partition coefficient (Wildman–Crippen LogP) is 1.46. The van der Waals surface area contributed by atoms with Crippen molar-refractivity contribution < 1.29 is 18.3 Å². The van der Waals surface area contributed by atoms with Crippen LogP contribution in [-0.2, 0) is 10.0 Å². The van der Waals surface area contributed by atoms with Gasteiger partial charge in [-0.3, -0.25) is 9.10 Å². The first kappa shape index (κ1) is 17.2. The van der Waals surface area contributed by atoms with Gasteiger partial charge in [-0.1, -0.05) is 6.07 Å². The Bertz CT molecular complexity index is 704. The van der Waals surface area contributed by atoms with E-state index in [2.05, 4.69) is 0 Å². The first-order valence-corrected chi connectivity index (χ1v) is 10.1. The lowest BCUT2D eigenvalue weighted by atomic mass is 9.98. The van der Waals surface area contributed by atoms with Crippen LogP contribution in [0, 0.1) is 5.92 Å². The molecule has 24 heavy (non-hydrogen) atoms. The Balaban J connectivity index is 1.81. The number of nitrogens with zero attached hydrogens (tertiary/aromatic N) is 2. The molecule has 6 nitrogen and oxygen atoms in total. The zero-order valence-electron chi connectivity index (χ0n) is 13.7. The summed E-state index contributed by atoms with van der Waals surface area (Å²) in [6.07, 6.45) is 3.35. The predicted molar refractivity (Wildman–Crippen MR) is 92.5 cm³/mol. The molecule has 1 atom stereocenters. The first-order chi connectivity index (χ1) is 11.5. The van der Waals surface area contributed by atoms with Gasteiger partial charge in [0.15, 0.2) is 0 Å². The van der Waals surface area contributed by atoms with Gasteiger partial charge in [0.2, 0.25) is 10.0 Å². The van der Waals surface area contributed by atoms with Gasteiger partial charge in [-0.2, -0.15) is 0 Å². The summed E-state index contributed by atoms with van der Waals surface area (Å²) in [4.78, 5) is 14.5. The number of carbonyl (C=O) groups is 1. The van der Waals surface area contributed by atoms with Gasteiger partial charge < -0.3 is 10.0 Å². The molecule has 7 heteroatoms. The molecule has 1 aromatic carbocycles. The van der Waals surface area contributed by atoms with Crippen molar-refractivity contribution >= 4 is 21.6 Å². The SMILES string of the molecule is O=C(c1cccc(N2CCCCS2(=O)=O)c1)N1CCCC(CO)C1. The molecule has 0 spiro atoms. The molecule has 0 aromatic heterocycles. The topological polar surface area (TPSA) is 77.9 Å². The van der Waals surface area contributed by atoms with Crippen LogP contribution in [0.2, 0.25) is 0 Å². The quantitative estimate of drug-likeness (QED) is 0.893. The van der Waals surface area contributed by atoms with E-state index in [9.17, 15) is 18.3 Å². The highest BCUT2D eigenvalue weighted by Crippen LogP contribution is 2.25. The van der Waals surface area contributed by atoms with Crippen LogP contribution in [0.1, 0.15) is 36.0 Å². The standard InChI is InChI=1S/C17H24N2O4S/c20-13-14-5-4-8-18(12-14)17(21)15-6-3-7-16(11-15)19-9-1-2-10-24(19,22)23/h3,6-7,11,14,20H,1-2,4-5,8-10,12-13H2. The Hall–Kier alpha value is -1.60. The van der Waals surface area contributed by atoms with E-state index < -0.39 is 10.0 Å². The summed E-state index contributed by atoms with van der Waals surface area (Å²) < 4.78 is 25.9. The fourth-order valence-electron chi connectivity index (χ4n) is 3.45. The molecule has 2 aliphatic heterocycles. The maximum Gasteiger partial charge on any atom is 0.253 e. The van der Waals surface area contributed by atoms with E-state index in [1.54, 1.807) is 29.2 Å². The number of sulfonamides is 1. The van der Waals surface area contributed by atoms with Crippen LogP contribution in [0.5, 0.6) is 0 Å². The second-order valence-corrected chi connectivity index (χ2v) is 8.60. The number of likely N-dealkylation sites (tertiary alicyclic amines) is 1. The van der Waals surface area contributed by atoms with Gasteiger partial charge in [-0.05, 0) is 49.8 Å². The highest BCUT2D eigenvalue weighted by Gasteiger charge is 2.28. The van der Waals surface area contributed by atoms with Crippen LogP contribution in [0.3, 0.4) is 0 Å². The van der Waals surface area contributed by atoms with Gasteiger partial charge >= 0.3 is 0 Å². The maximum atomic E-state index is 12.7. The summed E-state index contributed by atoms with van der Waals surface area (Å²) in [5.74, 6) is 0.202. The van der Waals surface area contributed by atoms with Gasteiger partial charge in [-0.15, -0.1) is 0 Å². The fraction of sp³-hybridized carbons (Fsp3) is 0.588. The van der Waals surface area contributed by atoms with Crippen LogP contribution in [0.4, 0.5) is 5.69 Å². The number of hydrogen-bond acceptors (Lipinski definition) is 4. The lowest BCUT2D eigenvalue weighted by Gasteiger charge is -2.32. The summed E-state index contributed by atoms with van der Waals surface area (Å²) in [5, 5.41) is 9.32. The molecule has 2 aliphatic rings. The van der Waals surface area contributed by atoms with E-state index in [4.69, 9.17) is 0 Å². The van der Waals surface area contributed by atoms with Crippen molar-refractivity contribution in [2.45, 2.75) is 25.7 Å². The minimum absolute atomic E-state index is 0.0931. The molecule has 3 rings (SSSR count). The van der Waals surface area contributed by atoms with Crippen LogP contribution in [-0.4, -0.2) is 56.3 Å². The lowest BCUT2D eigenvalue weighted by Crippen LogP contribution is -2.41. The number of carbonyl (C=O) groups excluding carboxylic acids is 1. The van der Waals surface area contributed by atoms with Gasteiger partial charge in [0.1, 0.15) is 0 Å². The number of aliphatic hydroxyl groups excluding tert-OH is 1. The smallest absolute Gasteiger partial charge is 0.253 e. The van der Waals surface area contributed by atoms with Crippen molar-refractivity contribution in [1.29, 1.82) is 0 Å². The number of anilines is 1. The van der Waals surface area contributed by atoms with Crippen LogP contribution >= 0.6 is 0 Å². The van der Waals surface area contributed by atoms with Gasteiger partial charge in [0, 0.05) is 31.8 Å². The Morgan fingerprint density at radius 2 is 2.04 bits per heavy atom. The van der Waals surface area contributed by atoms with Crippen LogP contribution in [0.15, 0.2) is 24.3 Å². The highest BCUT2D eigenvalue weighted by molar-refractivity contribution is 7.92. The van der Waals surface area contributed by atoms with Crippen LogP contribution in [0.25, 0.3) is 0 Å². The summed E-state index contributed by atoms with van der Waals surface area (Å²) >= 11 is 0. The van der Waals surface area contributed by atoms with Gasteiger partial charge in [0.25, 0.3) is 5.91 Å². The molecule has 1 N–H and O–H groups in total. The zero-order chi connectivity index (χ0) is 17.2. The van der Waals surface area contributed by atoms with E-state index in [0.717, 1.165) is 19.3 Å². The van der Waals surface area contributed by atoms with Crippen molar-refractivity contribution in [2.24, 2.45) is 5.92 Å². The van der Waals surface area contributed by atoms with E-state index in [-0.39, 0.29) is 24.2 Å². The van der Waals surface area contributed by atoms with Gasteiger partial charge in [0.05, 0.1) is 11.4 Å². The first-order valence-electron chi connectivity index (χ1n) is 8.52. The van der Waals surface area contributed by atoms with E-state index in [1.165, 1.54) is 4.31 Å². The molecule has 0 saturated carbocycles. The highest BCUT2D eigenvalue weighted by atomic mass is 32.2. The molecule has 1 aromatic rings. The number of rotatable bonds is 3. The second-order valence-electron chi connectivity index (χ2n) is 6.59. The normalized spacial score (nSPS) is 24.0. The second kappa shape index (κ2) is 7.11. The molecule has 2 saturated heterocycles. The summed E-state index contributed by atoms with van der Waals surface area (Å²) in [6.45, 7) is 1.80. The molecular weight excluding hydrogens is 328 g/mol. The van der Waals surface area contributed by atoms with Crippen LogP contribution < -0.4 is 4.31 Å². The Morgan fingerprint density at radius 1 is 1.21 bits per heavy atom. The van der Waals surface area contributed by atoms with Crippen molar-refractivity contribution in [1.82, 2.24) is 4.90 Å². The third-order valence-electron chi connectivity index (χ3n) is 4.79. The molecule has 0 radical (unpaired) electrons. The number of piperidine rings is 1. The number of hydrogen-bond donors (Lipinski definition) is 1. The lowest BCUT2D eigenvalue weighted by molar-refractivity contribution is 0.0620. The fourth-order valence-corrected chi connectivity index (χ4v) is 5.09. The van der Waals surface area contributed by atoms with E-state index in [0.29, 0.717) is 37.3 Å². The Morgan fingerprint density at radius 3 is 2.79 bits per heavy atom. The maximum absolute atomic E-state index is 12.7. The third-order valence-corrected chi connectivity index (χ3v) is 6.66. The molecule has 0 aliphatic carbocycles. The van der Waals surface area contributed by atoms with Crippen molar-refractivity contribution in [3.8, 4) is 0 Å². The molecule has 2 fully saturated rings. The summed E-state index contributed by atoms with van der Waals surface area (Å²) in [7, 11) is -3.28. The van der Waals surface area contributed by atoms with E-state index >= 15 is 0 Å².